The lowest BCUT2D eigenvalue weighted by molar-refractivity contribution is 0.473. The Morgan fingerprint density at radius 1 is 1.19 bits per heavy atom. The molecule has 2 aromatic heterocycles. The lowest BCUT2D eigenvalue weighted by Crippen LogP contribution is -2.33. The van der Waals surface area contributed by atoms with E-state index in [-0.39, 0.29) is 0 Å². The first kappa shape index (κ1) is 25.0. The summed E-state index contributed by atoms with van der Waals surface area (Å²) in [6.45, 7) is 9.31. The summed E-state index contributed by atoms with van der Waals surface area (Å²) in [6.07, 6.45) is 6.73. The molecule has 1 unspecified atom stereocenters. The molecule has 4 rings (SSSR count). The number of hydrogen-bond donors (Lipinski definition) is 2. The minimum Gasteiger partial charge on any atom is -0.329 e. The van der Waals surface area contributed by atoms with E-state index in [1.165, 1.54) is 5.56 Å². The van der Waals surface area contributed by atoms with Crippen LogP contribution in [0.4, 0.5) is 5.82 Å². The number of pyridine rings is 1. The molecule has 1 aliphatic rings. The van der Waals surface area contributed by atoms with Gasteiger partial charge in [-0.3, -0.25) is 10.1 Å². The molecule has 1 saturated heterocycles. The third-order valence-corrected chi connectivity index (χ3v) is 5.15. The van der Waals surface area contributed by atoms with E-state index < -0.39 is 0 Å². The van der Waals surface area contributed by atoms with Gasteiger partial charge in [0.25, 0.3) is 0 Å². The van der Waals surface area contributed by atoms with Crippen LogP contribution in [0.1, 0.15) is 37.8 Å². The number of thiol groups is 1. The molecule has 0 bridgehead atoms. The molecule has 162 valence electrons. The van der Waals surface area contributed by atoms with Crippen LogP contribution in [0, 0.1) is 17.2 Å². The highest BCUT2D eigenvalue weighted by Crippen LogP contribution is 2.33. The van der Waals surface area contributed by atoms with Gasteiger partial charge in [0.1, 0.15) is 0 Å². The van der Waals surface area contributed by atoms with E-state index in [2.05, 4.69) is 48.6 Å². The Labute approximate surface area is 202 Å². The zero-order chi connectivity index (χ0) is 22.6. The molecule has 1 aromatic carbocycles. The van der Waals surface area contributed by atoms with Gasteiger partial charge in [-0.2, -0.15) is 10.4 Å². The smallest absolute Gasteiger partial charge is 0.155 e. The van der Waals surface area contributed by atoms with Gasteiger partial charge in [-0.1, -0.05) is 32.6 Å². The Kier molecular flexibility index (Phi) is 10.6. The molecule has 0 radical (unpaired) electrons. The van der Waals surface area contributed by atoms with Crippen molar-refractivity contribution in [3.8, 4) is 17.3 Å². The van der Waals surface area contributed by atoms with Crippen LogP contribution in [-0.4, -0.2) is 21.7 Å². The second-order valence-electron chi connectivity index (χ2n) is 6.87. The number of benzene rings is 1. The van der Waals surface area contributed by atoms with E-state index in [1.54, 1.807) is 12.4 Å². The molecule has 0 amide bonds. The second-order valence-corrected chi connectivity index (χ2v) is 6.87. The molecule has 1 aliphatic heterocycles. The predicted molar refractivity (Wildman–Crippen MR) is 140 cm³/mol. The van der Waals surface area contributed by atoms with Crippen molar-refractivity contribution in [2.45, 2.75) is 33.1 Å². The van der Waals surface area contributed by atoms with Gasteiger partial charge in [0.15, 0.2) is 5.82 Å². The van der Waals surface area contributed by atoms with Crippen molar-refractivity contribution in [2.24, 2.45) is 5.92 Å². The molecule has 0 aliphatic carbocycles. The zero-order valence-electron chi connectivity index (χ0n) is 17.9. The number of hydrogen-bond acceptors (Lipinski definition) is 5. The number of nitriles is 1. The van der Waals surface area contributed by atoms with Crippen molar-refractivity contribution in [1.29, 1.82) is 5.26 Å². The number of nitrogens with zero attached hydrogens (tertiary/aromatic N) is 4. The summed E-state index contributed by atoms with van der Waals surface area (Å²) >= 11 is 1.84. The normalized spacial score (nSPS) is 15.1. The molecule has 0 spiro atoms. The summed E-state index contributed by atoms with van der Waals surface area (Å²) < 4.78 is 0. The molecule has 7 heteroatoms. The lowest BCUT2D eigenvalue weighted by atomic mass is 9.88. The number of aromatic amines is 1. The van der Waals surface area contributed by atoms with Crippen LogP contribution in [0.2, 0.25) is 0 Å². The van der Waals surface area contributed by atoms with Crippen LogP contribution in [0.15, 0.2) is 67.1 Å². The molecule has 1 N–H and O–H groups in total. The summed E-state index contributed by atoms with van der Waals surface area (Å²) in [4.78, 5) is 6.28. The first-order chi connectivity index (χ1) is 15.2. The average Bonchev–Trinajstić information content (AvgIpc) is 3.34. The van der Waals surface area contributed by atoms with Gasteiger partial charge in [-0.05, 0) is 70.3 Å². The molecule has 1 fully saturated rings. The van der Waals surface area contributed by atoms with Crippen LogP contribution in [0.5, 0.6) is 0 Å². The zero-order valence-corrected chi connectivity index (χ0v) is 21.0. The van der Waals surface area contributed by atoms with Gasteiger partial charge >= 0.3 is 0 Å². The van der Waals surface area contributed by atoms with Crippen molar-refractivity contribution < 1.29 is 0 Å². The third-order valence-electron chi connectivity index (χ3n) is 5.15. The maximum absolute atomic E-state index is 8.95. The fourth-order valence-corrected chi connectivity index (χ4v) is 3.64. The first-order valence-corrected chi connectivity index (χ1v) is 13.6. The summed E-state index contributed by atoms with van der Waals surface area (Å²) in [5.41, 5.74) is 5.10. The van der Waals surface area contributed by atoms with Crippen molar-refractivity contribution in [1.82, 2.24) is 15.2 Å². The number of aromatic nitrogens is 3. The molecular weight excluding hydrogens is 517 g/mol. The summed E-state index contributed by atoms with van der Waals surface area (Å²) in [7, 11) is 3.50. The van der Waals surface area contributed by atoms with Gasteiger partial charge in [-0.25, -0.2) is 0 Å². The highest BCUT2D eigenvalue weighted by molar-refractivity contribution is 14.2. The quantitative estimate of drug-likeness (QED) is 0.286. The first-order valence-electron chi connectivity index (χ1n) is 10.3. The van der Waals surface area contributed by atoms with Crippen molar-refractivity contribution in [3.63, 3.8) is 0 Å². The summed E-state index contributed by atoms with van der Waals surface area (Å²) in [5, 5.41) is 16.6. The number of allylic oxidation sites excluding steroid dienone is 1. The topological polar surface area (TPSA) is 68.6 Å². The van der Waals surface area contributed by atoms with E-state index in [0.717, 1.165) is 48.6 Å². The minimum atomic E-state index is 0.382. The Hall–Kier alpha value is -2.31. The maximum Gasteiger partial charge on any atom is 0.155 e. The van der Waals surface area contributed by atoms with E-state index in [0.29, 0.717) is 11.5 Å². The highest BCUT2D eigenvalue weighted by atomic mass is 127. The van der Waals surface area contributed by atoms with Crippen LogP contribution in [0.25, 0.3) is 11.3 Å². The Bertz CT molecular complexity index is 979. The average molecular weight is 545 g/mol. The van der Waals surface area contributed by atoms with Gasteiger partial charge in [0.05, 0.1) is 17.3 Å². The third kappa shape index (κ3) is 6.58. The maximum atomic E-state index is 8.95. The van der Waals surface area contributed by atoms with Crippen LogP contribution in [0.3, 0.4) is 0 Å². The molecule has 0 saturated carbocycles. The van der Waals surface area contributed by atoms with Crippen LogP contribution in [-0.2, 0) is 6.42 Å². The summed E-state index contributed by atoms with van der Waals surface area (Å²) in [6, 6.07) is 16.0. The van der Waals surface area contributed by atoms with Gasteiger partial charge in [0, 0.05) is 42.2 Å². The van der Waals surface area contributed by atoms with Gasteiger partial charge in [0.2, 0.25) is 0 Å². The fourth-order valence-electron chi connectivity index (χ4n) is 3.64. The Morgan fingerprint density at radius 2 is 1.87 bits per heavy atom. The molecule has 3 aromatic rings. The molecule has 1 atom stereocenters. The van der Waals surface area contributed by atoms with Gasteiger partial charge < -0.3 is 4.90 Å². The second kappa shape index (κ2) is 13.2. The predicted octanol–water partition coefficient (Wildman–Crippen LogP) is 6.61. The number of piperidine rings is 1. The van der Waals surface area contributed by atoms with Crippen LogP contribution < -0.4 is 4.90 Å². The van der Waals surface area contributed by atoms with Crippen LogP contribution >= 0.6 is 31.0 Å². The number of halogens is 1. The number of H-pyrrole nitrogens is 1. The van der Waals surface area contributed by atoms with E-state index in [9.17, 15) is 0 Å². The monoisotopic (exact) mass is 545 g/mol. The largest absolute Gasteiger partial charge is 0.329 e. The Balaban J connectivity index is 0.000000807. The van der Waals surface area contributed by atoms with E-state index in [4.69, 9.17) is 5.26 Å². The molecular formula is C24H28IN5S. The minimum absolute atomic E-state index is 0.382. The van der Waals surface area contributed by atoms with E-state index in [1.807, 2.05) is 71.5 Å². The molecule has 31 heavy (non-hydrogen) atoms. The Morgan fingerprint density at radius 3 is 2.52 bits per heavy atom. The lowest BCUT2D eigenvalue weighted by Gasteiger charge is -2.35. The number of nitrogens with one attached hydrogen (secondary N) is 1. The van der Waals surface area contributed by atoms with Crippen molar-refractivity contribution in [2.75, 3.05) is 11.4 Å². The van der Waals surface area contributed by atoms with Crippen molar-refractivity contribution >= 4 is 36.8 Å². The molecule has 3 heterocycles. The fraction of sp³-hybridized carbons (Fsp3) is 0.292. The number of anilines is 1. The SMILES string of the molecule is C=C1C(Cc2ccc(C#N)cc2)CCCN1c1cc(-c2ccncc2)[nH]n1.CC.SI. The van der Waals surface area contributed by atoms with E-state index >= 15 is 0 Å². The highest BCUT2D eigenvalue weighted by Gasteiger charge is 2.26. The standard InChI is InChI=1S/C22H21N5.C2H6.HIS/c1-16-20(13-17-4-6-18(15-23)7-5-17)3-2-12-27(16)22-14-21(25-26-22)19-8-10-24-11-9-19;2*1-2/h4-11,14,20H,1-3,12-13H2,(H,25,26);1-2H3;2H. The number of rotatable bonds is 4. The summed E-state index contributed by atoms with van der Waals surface area (Å²) in [5.74, 6) is 1.30. The molecule has 5 nitrogen and oxygen atoms in total. The van der Waals surface area contributed by atoms with Gasteiger partial charge in [-0.15, -0.1) is 9.80 Å². The van der Waals surface area contributed by atoms with Crippen molar-refractivity contribution in [3.05, 3.63) is 78.3 Å².